The van der Waals surface area contributed by atoms with Gasteiger partial charge in [0, 0.05) is 0 Å². The highest BCUT2D eigenvalue weighted by Crippen LogP contribution is 2.59. The zero-order valence-corrected chi connectivity index (χ0v) is 19.9. The molecule has 31 heavy (non-hydrogen) atoms. The monoisotopic (exact) mass is 430 g/mol. The van der Waals surface area contributed by atoms with Crippen molar-refractivity contribution >= 4 is 5.78 Å². The fourth-order valence-electron chi connectivity index (χ4n) is 6.64. The van der Waals surface area contributed by atoms with Gasteiger partial charge in [-0.05, 0) is 100 Å². The number of hydrogen-bond acceptors (Lipinski definition) is 4. The molecule has 0 heterocycles. The van der Waals surface area contributed by atoms with Crippen molar-refractivity contribution < 1.29 is 20.1 Å². The predicted octanol–water partition coefficient (Wildman–Crippen LogP) is 4.88. The van der Waals surface area contributed by atoms with Crippen LogP contribution >= 0.6 is 0 Å². The third-order valence-corrected chi connectivity index (χ3v) is 8.41. The van der Waals surface area contributed by atoms with Gasteiger partial charge in [0.1, 0.15) is 11.7 Å². The van der Waals surface area contributed by atoms with Crippen LogP contribution in [0.1, 0.15) is 85.5 Å². The Morgan fingerprint density at radius 2 is 1.97 bits per heavy atom. The van der Waals surface area contributed by atoms with Gasteiger partial charge in [-0.3, -0.25) is 4.79 Å². The average molecular weight is 431 g/mol. The van der Waals surface area contributed by atoms with E-state index in [-0.39, 0.29) is 17.4 Å². The van der Waals surface area contributed by atoms with Gasteiger partial charge in [0.25, 0.3) is 0 Å². The first kappa shape index (κ1) is 24.4. The number of aliphatic hydroxyl groups is 3. The molecule has 3 saturated carbocycles. The van der Waals surface area contributed by atoms with Crippen LogP contribution in [-0.2, 0) is 4.79 Å². The van der Waals surface area contributed by atoms with Crippen molar-refractivity contribution in [1.29, 1.82) is 0 Å². The molecule has 0 aliphatic heterocycles. The molecule has 3 rings (SSSR count). The van der Waals surface area contributed by atoms with Crippen molar-refractivity contribution in [2.24, 2.45) is 23.2 Å². The van der Waals surface area contributed by atoms with E-state index in [2.05, 4.69) is 32.6 Å². The second-order valence-corrected chi connectivity index (χ2v) is 11.2. The molecule has 0 aromatic rings. The lowest BCUT2D eigenvalue weighted by atomic mass is 9.60. The van der Waals surface area contributed by atoms with Crippen LogP contribution in [0, 0.1) is 23.2 Å². The van der Waals surface area contributed by atoms with Gasteiger partial charge in [-0.1, -0.05) is 43.7 Å². The van der Waals surface area contributed by atoms with Gasteiger partial charge in [-0.2, -0.15) is 0 Å². The largest absolute Gasteiger partial charge is 0.393 e. The minimum atomic E-state index is -1.49. The summed E-state index contributed by atoms with van der Waals surface area (Å²) in [4.78, 5) is 12.3. The first-order valence-corrected chi connectivity index (χ1v) is 12.1. The fraction of sp³-hybridized carbons (Fsp3) is 0.741. The van der Waals surface area contributed by atoms with Gasteiger partial charge >= 0.3 is 0 Å². The SMILES string of the molecule is C=C1CC[C@H](O)C/C1=C\C=C1/CCC[C@]2(C)[C@@H]([C@H](C)C[C@H](O)C(=O)C(C)(C)O)CC[C@@H]12. The molecular formula is C27H42O4. The number of carbonyl (C=O) groups excluding carboxylic acids is 1. The van der Waals surface area contributed by atoms with Gasteiger partial charge in [-0.15, -0.1) is 0 Å². The van der Waals surface area contributed by atoms with Crippen LogP contribution in [0.5, 0.6) is 0 Å². The van der Waals surface area contributed by atoms with E-state index in [9.17, 15) is 20.1 Å². The van der Waals surface area contributed by atoms with Crippen LogP contribution < -0.4 is 0 Å². The molecule has 0 aromatic heterocycles. The van der Waals surface area contributed by atoms with E-state index < -0.39 is 17.5 Å². The van der Waals surface area contributed by atoms with Gasteiger partial charge in [0.2, 0.25) is 0 Å². The van der Waals surface area contributed by atoms with Crippen LogP contribution in [-0.4, -0.2) is 38.9 Å². The minimum absolute atomic E-state index is 0.183. The van der Waals surface area contributed by atoms with Gasteiger partial charge < -0.3 is 15.3 Å². The molecule has 4 heteroatoms. The molecule has 3 fully saturated rings. The van der Waals surface area contributed by atoms with E-state index in [4.69, 9.17) is 0 Å². The van der Waals surface area contributed by atoms with Gasteiger partial charge in [0.05, 0.1) is 6.10 Å². The Kier molecular flexibility index (Phi) is 7.35. The number of fused-ring (bicyclic) bond motifs is 1. The van der Waals surface area contributed by atoms with Crippen molar-refractivity contribution in [3.63, 3.8) is 0 Å². The van der Waals surface area contributed by atoms with Crippen LogP contribution in [0.4, 0.5) is 0 Å². The maximum Gasteiger partial charge on any atom is 0.192 e. The zero-order chi connectivity index (χ0) is 23.0. The maximum atomic E-state index is 12.3. The topological polar surface area (TPSA) is 77.8 Å². The van der Waals surface area contributed by atoms with E-state index >= 15 is 0 Å². The molecule has 0 radical (unpaired) electrons. The van der Waals surface area contributed by atoms with Crippen LogP contribution in [0.15, 0.2) is 35.5 Å². The smallest absolute Gasteiger partial charge is 0.192 e. The maximum absolute atomic E-state index is 12.3. The normalized spacial score (nSPS) is 36.5. The number of rotatable bonds is 6. The Labute approximate surface area is 188 Å². The summed E-state index contributed by atoms with van der Waals surface area (Å²) in [6.07, 6.45) is 11.7. The van der Waals surface area contributed by atoms with Crippen LogP contribution in [0.2, 0.25) is 0 Å². The lowest BCUT2D eigenvalue weighted by Gasteiger charge is -2.44. The Balaban J connectivity index is 1.73. The van der Waals surface area contributed by atoms with Crippen LogP contribution in [0.3, 0.4) is 0 Å². The second kappa shape index (κ2) is 9.33. The number of carbonyl (C=O) groups is 1. The molecule has 174 valence electrons. The van der Waals surface area contributed by atoms with Crippen molar-refractivity contribution in [3.8, 4) is 0 Å². The summed E-state index contributed by atoms with van der Waals surface area (Å²) in [6, 6.07) is 0. The van der Waals surface area contributed by atoms with E-state index in [0.717, 1.165) is 37.7 Å². The summed E-state index contributed by atoms with van der Waals surface area (Å²) in [6.45, 7) is 11.6. The summed E-state index contributed by atoms with van der Waals surface area (Å²) >= 11 is 0. The molecule has 0 unspecified atom stereocenters. The fourth-order valence-corrected chi connectivity index (χ4v) is 6.64. The number of ketones is 1. The quantitative estimate of drug-likeness (QED) is 0.561. The number of allylic oxidation sites excluding steroid dienone is 4. The predicted molar refractivity (Wildman–Crippen MR) is 124 cm³/mol. The number of hydrogen-bond donors (Lipinski definition) is 3. The summed E-state index contributed by atoms with van der Waals surface area (Å²) in [5.41, 5.74) is 2.55. The molecule has 0 spiro atoms. The Bertz CT molecular complexity index is 756. The summed E-state index contributed by atoms with van der Waals surface area (Å²) in [5.74, 6) is 0.742. The first-order chi connectivity index (χ1) is 14.4. The van der Waals surface area contributed by atoms with Gasteiger partial charge in [0.15, 0.2) is 5.78 Å². The summed E-state index contributed by atoms with van der Waals surface area (Å²) in [7, 11) is 0. The van der Waals surface area contributed by atoms with Crippen LogP contribution in [0.25, 0.3) is 0 Å². The van der Waals surface area contributed by atoms with Gasteiger partial charge in [-0.25, -0.2) is 0 Å². The van der Waals surface area contributed by atoms with Crippen molar-refractivity contribution in [3.05, 3.63) is 35.5 Å². The first-order valence-electron chi connectivity index (χ1n) is 12.1. The number of Topliss-reactive ketones (excluding diaryl/α,β-unsaturated/α-hetero) is 1. The van der Waals surface area contributed by atoms with Crippen molar-refractivity contribution in [2.75, 3.05) is 0 Å². The van der Waals surface area contributed by atoms with E-state index in [0.29, 0.717) is 24.7 Å². The molecule has 0 amide bonds. The summed E-state index contributed by atoms with van der Waals surface area (Å²) < 4.78 is 0. The van der Waals surface area contributed by atoms with Crippen molar-refractivity contribution in [2.45, 2.75) is 103 Å². The third-order valence-electron chi connectivity index (χ3n) is 8.41. The molecule has 6 atom stereocenters. The lowest BCUT2D eigenvalue weighted by Crippen LogP contribution is -2.42. The molecule has 0 bridgehead atoms. The average Bonchev–Trinajstić information content (AvgIpc) is 3.04. The van der Waals surface area contributed by atoms with E-state index in [1.54, 1.807) is 0 Å². The molecular weight excluding hydrogens is 388 g/mol. The highest BCUT2D eigenvalue weighted by atomic mass is 16.3. The number of aliphatic hydroxyl groups excluding tert-OH is 2. The lowest BCUT2D eigenvalue weighted by molar-refractivity contribution is -0.144. The highest BCUT2D eigenvalue weighted by molar-refractivity contribution is 5.89. The second-order valence-electron chi connectivity index (χ2n) is 11.2. The summed E-state index contributed by atoms with van der Waals surface area (Å²) in [5, 5.41) is 30.4. The van der Waals surface area contributed by atoms with Crippen molar-refractivity contribution in [1.82, 2.24) is 0 Å². The molecule has 3 aliphatic carbocycles. The molecule has 4 nitrogen and oxygen atoms in total. The molecule has 0 aromatic carbocycles. The third kappa shape index (κ3) is 5.23. The highest BCUT2D eigenvalue weighted by Gasteiger charge is 2.51. The Hall–Kier alpha value is -1.23. The zero-order valence-electron chi connectivity index (χ0n) is 19.9. The molecule has 3 N–H and O–H groups in total. The minimum Gasteiger partial charge on any atom is -0.393 e. The molecule has 3 aliphatic rings. The van der Waals surface area contributed by atoms with E-state index in [1.807, 2.05) is 0 Å². The Morgan fingerprint density at radius 3 is 2.65 bits per heavy atom. The van der Waals surface area contributed by atoms with E-state index in [1.165, 1.54) is 37.8 Å². The molecule has 0 saturated heterocycles. The Morgan fingerprint density at radius 1 is 1.26 bits per heavy atom. The standard InChI is InChI=1S/C27H42O4/c1-17-8-11-21(28)16-20(17)10-9-19-7-6-14-27(5)22(12-13-23(19)27)18(2)15-24(29)25(30)26(3,4)31/h9-10,18,21-24,28-29,31H,1,6-8,11-16H2,2-5H3/b19-9+,20-10+/t18-,21+,22-,23+,24+,27-/m1/s1.